The Hall–Kier alpha value is -2.24. The zero-order valence-electron chi connectivity index (χ0n) is 23.1. The fourth-order valence-electron chi connectivity index (χ4n) is 4.17. The van der Waals surface area contributed by atoms with Crippen molar-refractivity contribution in [3.63, 3.8) is 0 Å². The average Bonchev–Trinajstić information content (AvgIpc) is 2.66. The van der Waals surface area contributed by atoms with E-state index in [1.54, 1.807) is 0 Å². The van der Waals surface area contributed by atoms with Crippen molar-refractivity contribution in [2.45, 2.75) is 88.5 Å². The molecule has 33 heavy (non-hydrogen) atoms. The summed E-state index contributed by atoms with van der Waals surface area (Å²) in [6.45, 7) is 18.0. The maximum Gasteiger partial charge on any atom is 0.339 e. The second kappa shape index (κ2) is 12.9. The summed E-state index contributed by atoms with van der Waals surface area (Å²) >= 11 is 0. The van der Waals surface area contributed by atoms with Crippen LogP contribution in [-0.2, 0) is 0 Å². The second-order valence-corrected chi connectivity index (χ2v) is 11.5. The molecule has 6 nitrogen and oxygen atoms in total. The van der Waals surface area contributed by atoms with Crippen molar-refractivity contribution in [2.24, 2.45) is 22.7 Å². The minimum Gasteiger partial charge on any atom is -0.493 e. The molecule has 0 aliphatic carbocycles. The number of ether oxygens (including phenoxy) is 2. The zero-order valence-corrected chi connectivity index (χ0v) is 22.1. The molecule has 1 aromatic rings. The molecule has 0 aliphatic heterocycles. The SMILES string of the molecule is CC(CCOc1cc(C(=O)O)c(OCCC(C)CC(C)(C)C)cc1C(=O)O)CC(C)(C)C.[1H]C. The van der Waals surface area contributed by atoms with Gasteiger partial charge in [-0.1, -0.05) is 62.8 Å². The van der Waals surface area contributed by atoms with Crippen molar-refractivity contribution in [3.05, 3.63) is 23.3 Å². The molecule has 0 amide bonds. The predicted molar refractivity (Wildman–Crippen MR) is 134 cm³/mol. The smallest absolute Gasteiger partial charge is 0.339 e. The maximum atomic E-state index is 11.8. The van der Waals surface area contributed by atoms with Crippen LogP contribution in [0.25, 0.3) is 0 Å². The van der Waals surface area contributed by atoms with Crippen LogP contribution in [0.2, 0.25) is 0 Å². The van der Waals surface area contributed by atoms with Crippen LogP contribution in [0.5, 0.6) is 11.5 Å². The van der Waals surface area contributed by atoms with E-state index in [0.717, 1.165) is 25.7 Å². The van der Waals surface area contributed by atoms with Crippen molar-refractivity contribution in [1.29, 1.82) is 0 Å². The summed E-state index contributed by atoms with van der Waals surface area (Å²) in [4.78, 5) is 23.6. The van der Waals surface area contributed by atoms with Crippen LogP contribution in [0.3, 0.4) is 0 Å². The highest BCUT2D eigenvalue weighted by Crippen LogP contribution is 2.32. The topological polar surface area (TPSA) is 93.1 Å². The molecule has 0 bridgehead atoms. The average molecular weight is 467 g/mol. The predicted octanol–water partition coefficient (Wildman–Crippen LogP) is 7.40. The Morgan fingerprint density at radius 1 is 0.818 bits per heavy atom. The van der Waals surface area contributed by atoms with Crippen molar-refractivity contribution < 1.29 is 30.6 Å². The molecule has 6 heteroatoms. The third-order valence-electron chi connectivity index (χ3n) is 5.20. The molecular formula is C27H46O6. The van der Waals surface area contributed by atoms with Gasteiger partial charge in [-0.15, -0.1) is 0 Å². The number of carbonyl (C=O) groups is 2. The molecule has 2 unspecified atom stereocenters. The lowest BCUT2D eigenvalue weighted by molar-refractivity contribution is 0.0672. The van der Waals surface area contributed by atoms with Crippen molar-refractivity contribution in [1.82, 2.24) is 0 Å². The molecule has 2 atom stereocenters. The number of hydrogen-bond acceptors (Lipinski definition) is 4. The number of carboxylic acid groups (broad SMARTS) is 2. The maximum absolute atomic E-state index is 11.8. The molecule has 0 aromatic heterocycles. The summed E-state index contributed by atoms with van der Waals surface area (Å²) in [6.07, 6.45) is 3.54. The molecule has 0 heterocycles. The molecule has 2 N–H and O–H groups in total. The Morgan fingerprint density at radius 2 is 1.12 bits per heavy atom. The van der Waals surface area contributed by atoms with E-state index in [-0.39, 0.29) is 33.5 Å². The van der Waals surface area contributed by atoms with Gasteiger partial charge in [0, 0.05) is 1.37 Å². The van der Waals surface area contributed by atoms with E-state index < -0.39 is 11.9 Å². The van der Waals surface area contributed by atoms with E-state index in [1.165, 1.54) is 19.5 Å². The fraction of sp³-hybridized carbons (Fsp3) is 0.704. The van der Waals surface area contributed by atoms with Gasteiger partial charge in [0.05, 0.1) is 13.2 Å². The number of hydrogen-bond donors (Lipinski definition) is 2. The van der Waals surface area contributed by atoms with Gasteiger partial charge in [-0.3, -0.25) is 0 Å². The molecule has 0 radical (unpaired) electrons. The van der Waals surface area contributed by atoms with Gasteiger partial charge in [-0.25, -0.2) is 9.59 Å². The summed E-state index contributed by atoms with van der Waals surface area (Å²) in [5.74, 6) is -1.42. The lowest BCUT2D eigenvalue weighted by Gasteiger charge is -2.23. The number of carboxylic acids is 2. The molecular weight excluding hydrogens is 420 g/mol. The minimum absolute atomic E-state index is 0.0614. The molecule has 1 aromatic carbocycles. The summed E-state index contributed by atoms with van der Waals surface area (Å²) < 4.78 is 17.2. The summed E-state index contributed by atoms with van der Waals surface area (Å²) in [5, 5.41) is 19.3. The second-order valence-electron chi connectivity index (χ2n) is 11.5. The first-order valence-corrected chi connectivity index (χ1v) is 11.5. The highest BCUT2D eigenvalue weighted by Gasteiger charge is 2.22. The Labute approximate surface area is 202 Å². The van der Waals surface area contributed by atoms with Gasteiger partial charge in [0.2, 0.25) is 0 Å². The van der Waals surface area contributed by atoms with E-state index in [9.17, 15) is 19.8 Å². The Bertz CT molecular complexity index is 711. The normalized spacial score (nSPS) is 13.8. The largest absolute Gasteiger partial charge is 0.493 e. The zero-order chi connectivity index (χ0) is 26.7. The highest BCUT2D eigenvalue weighted by molar-refractivity contribution is 5.97. The van der Waals surface area contributed by atoms with Gasteiger partial charge in [0.15, 0.2) is 0 Å². The van der Waals surface area contributed by atoms with Gasteiger partial charge in [-0.2, -0.15) is 0 Å². The quantitative estimate of drug-likeness (QED) is 0.333. The lowest BCUT2D eigenvalue weighted by Crippen LogP contribution is -2.15. The first kappa shape index (κ1) is 28.8. The molecule has 0 aliphatic rings. The van der Waals surface area contributed by atoms with Crippen molar-refractivity contribution in [2.75, 3.05) is 13.2 Å². The van der Waals surface area contributed by atoms with Gasteiger partial charge in [-0.05, 0) is 60.5 Å². The Kier molecular flexibility index (Phi) is 11.2. The van der Waals surface area contributed by atoms with Crippen LogP contribution >= 0.6 is 0 Å². The first-order chi connectivity index (χ1) is 15.6. The van der Waals surface area contributed by atoms with Crippen LogP contribution in [0.1, 0.15) is 111 Å². The first-order valence-electron chi connectivity index (χ1n) is 12.5. The standard InChI is InChI=1S/C26H42O6.CH4/c1-17(15-25(3,4)5)9-11-31-21-13-20(24(29)30)22(14-19(21)23(27)28)32-12-10-18(2)16-26(6,7)8;/h13-14,17-18H,9-12,15-16H2,1-8H3,(H,27,28)(H,29,30);1H4/i;1H. The highest BCUT2D eigenvalue weighted by atomic mass is 16.5. The van der Waals surface area contributed by atoms with Crippen LogP contribution in [-0.4, -0.2) is 35.4 Å². The molecule has 1 rings (SSSR count). The third-order valence-corrected chi connectivity index (χ3v) is 5.20. The molecule has 0 fully saturated rings. The van der Waals surface area contributed by atoms with Crippen LogP contribution < -0.4 is 9.47 Å². The van der Waals surface area contributed by atoms with Crippen LogP contribution in [0.4, 0.5) is 0 Å². The third kappa shape index (κ3) is 12.0. The van der Waals surface area contributed by atoms with Gasteiger partial charge in [0.1, 0.15) is 22.6 Å². The van der Waals surface area contributed by atoms with Crippen LogP contribution in [0, 0.1) is 22.7 Å². The van der Waals surface area contributed by atoms with Gasteiger partial charge in [0.25, 0.3) is 0 Å². The number of benzene rings is 1. The Morgan fingerprint density at radius 3 is 1.36 bits per heavy atom. The monoisotopic (exact) mass is 466 g/mol. The summed E-state index contributed by atoms with van der Waals surface area (Å²) in [7, 11) is 1.25. The molecule has 0 saturated heterocycles. The number of rotatable bonds is 12. The van der Waals surface area contributed by atoms with Crippen LogP contribution in [0.15, 0.2) is 12.1 Å². The van der Waals surface area contributed by atoms with Gasteiger partial charge < -0.3 is 19.7 Å². The number of aromatic carboxylic acids is 2. The minimum atomic E-state index is -1.18. The summed E-state index contributed by atoms with van der Waals surface area (Å²) in [5.41, 5.74) is 0.226. The van der Waals surface area contributed by atoms with Crippen molar-refractivity contribution in [3.8, 4) is 11.5 Å². The molecule has 0 spiro atoms. The van der Waals surface area contributed by atoms with Gasteiger partial charge >= 0.3 is 11.9 Å². The van der Waals surface area contributed by atoms with E-state index in [0.29, 0.717) is 25.0 Å². The molecule has 0 saturated carbocycles. The lowest BCUT2D eigenvalue weighted by atomic mass is 9.84. The van der Waals surface area contributed by atoms with E-state index >= 15 is 0 Å². The fourth-order valence-corrected chi connectivity index (χ4v) is 4.17. The van der Waals surface area contributed by atoms with E-state index in [2.05, 4.69) is 55.4 Å². The molecule has 190 valence electrons. The summed E-state index contributed by atoms with van der Waals surface area (Å²) in [6, 6.07) is 2.54. The van der Waals surface area contributed by atoms with Crippen molar-refractivity contribution >= 4 is 11.9 Å². The van der Waals surface area contributed by atoms with E-state index in [1.807, 2.05) is 0 Å². The Balaban J connectivity index is 0.00000529. The van der Waals surface area contributed by atoms with E-state index in [4.69, 9.17) is 10.8 Å².